The molecule has 0 bridgehead atoms. The molecule has 23 heavy (non-hydrogen) atoms. The highest BCUT2D eigenvalue weighted by Gasteiger charge is 2.42. The molecule has 1 aliphatic carbocycles. The smallest absolute Gasteiger partial charge is 0.125 e. The van der Waals surface area contributed by atoms with E-state index in [9.17, 15) is 4.39 Å². The van der Waals surface area contributed by atoms with Crippen molar-refractivity contribution in [3.63, 3.8) is 0 Å². The van der Waals surface area contributed by atoms with Crippen molar-refractivity contribution < 1.29 is 9.13 Å². The lowest BCUT2D eigenvalue weighted by Crippen LogP contribution is -2.25. The Kier molecular flexibility index (Phi) is 7.38. The van der Waals surface area contributed by atoms with Crippen molar-refractivity contribution in [3.8, 4) is 5.75 Å². The number of hydrogen-bond acceptors (Lipinski definition) is 1. The summed E-state index contributed by atoms with van der Waals surface area (Å²) >= 11 is 2.27. The summed E-state index contributed by atoms with van der Waals surface area (Å²) in [4.78, 5) is 0. The Balaban J connectivity index is 2.00. The molecule has 1 saturated carbocycles. The number of ether oxygens (including phenoxy) is 1. The van der Waals surface area contributed by atoms with Crippen LogP contribution in [0.3, 0.4) is 0 Å². The molecule has 0 radical (unpaired) electrons. The summed E-state index contributed by atoms with van der Waals surface area (Å²) in [7, 11) is 0. The largest absolute Gasteiger partial charge is 0.493 e. The van der Waals surface area contributed by atoms with Crippen LogP contribution in [-0.2, 0) is 0 Å². The van der Waals surface area contributed by atoms with Gasteiger partial charge in [-0.2, -0.15) is 0 Å². The second-order valence-corrected chi connectivity index (χ2v) is 8.25. The van der Waals surface area contributed by atoms with Crippen molar-refractivity contribution in [1.82, 2.24) is 0 Å². The van der Waals surface area contributed by atoms with Gasteiger partial charge in [0.2, 0.25) is 0 Å². The Morgan fingerprint density at radius 3 is 2.61 bits per heavy atom. The van der Waals surface area contributed by atoms with Gasteiger partial charge in [-0.1, -0.05) is 66.3 Å². The zero-order valence-corrected chi connectivity index (χ0v) is 16.6. The van der Waals surface area contributed by atoms with E-state index in [0.717, 1.165) is 36.1 Å². The first-order valence-electron chi connectivity index (χ1n) is 8.66. The summed E-state index contributed by atoms with van der Waals surface area (Å²) in [5.41, 5.74) is 2.26. The highest BCUT2D eigenvalue weighted by molar-refractivity contribution is 14.1. The first-order chi connectivity index (χ1) is 11.0. The minimum atomic E-state index is -0.760. The lowest BCUT2D eigenvalue weighted by Gasteiger charge is -2.22. The number of unbranched alkanes of at least 4 members (excludes halogenated alkanes) is 1. The molecule has 0 saturated heterocycles. The highest BCUT2D eigenvalue weighted by Crippen LogP contribution is 2.41. The fourth-order valence-electron chi connectivity index (χ4n) is 3.38. The maximum atomic E-state index is 14.6. The van der Waals surface area contributed by atoms with E-state index in [1.165, 1.54) is 6.42 Å². The molecule has 2 rings (SSSR count). The van der Waals surface area contributed by atoms with E-state index in [4.69, 9.17) is 4.74 Å². The number of para-hydroxylation sites is 1. The Morgan fingerprint density at radius 2 is 1.96 bits per heavy atom. The SMILES string of the molecule is CCC/C=C\C[C@H]1CC(I)C(F)[C@@H]1COc1c(C)cccc1C. The lowest BCUT2D eigenvalue weighted by atomic mass is 9.92. The molecular formula is C20H28FIO. The Hall–Kier alpha value is -0.580. The van der Waals surface area contributed by atoms with Gasteiger partial charge in [-0.25, -0.2) is 4.39 Å². The highest BCUT2D eigenvalue weighted by atomic mass is 127. The van der Waals surface area contributed by atoms with Crippen molar-refractivity contribution in [1.29, 1.82) is 0 Å². The molecule has 3 heteroatoms. The van der Waals surface area contributed by atoms with Crippen molar-refractivity contribution in [3.05, 3.63) is 41.5 Å². The summed E-state index contributed by atoms with van der Waals surface area (Å²) in [5.74, 6) is 1.32. The van der Waals surface area contributed by atoms with Crippen LogP contribution in [0.15, 0.2) is 30.4 Å². The van der Waals surface area contributed by atoms with Crippen LogP contribution in [-0.4, -0.2) is 16.7 Å². The first-order valence-corrected chi connectivity index (χ1v) is 9.91. The van der Waals surface area contributed by atoms with Gasteiger partial charge in [0.1, 0.15) is 11.9 Å². The molecule has 128 valence electrons. The number of benzene rings is 1. The van der Waals surface area contributed by atoms with E-state index in [2.05, 4.69) is 67.6 Å². The fourth-order valence-corrected chi connectivity index (χ4v) is 4.57. The van der Waals surface area contributed by atoms with Gasteiger partial charge in [0.25, 0.3) is 0 Å². The molecule has 0 aliphatic heterocycles. The number of hydrogen-bond donors (Lipinski definition) is 0. The van der Waals surface area contributed by atoms with Crippen LogP contribution in [0.1, 0.15) is 43.7 Å². The van der Waals surface area contributed by atoms with Crippen LogP contribution in [0.2, 0.25) is 0 Å². The normalized spacial score (nSPS) is 27.7. The molecule has 0 heterocycles. The second kappa shape index (κ2) is 9.05. The quantitative estimate of drug-likeness (QED) is 0.284. The molecule has 1 aromatic rings. The zero-order valence-electron chi connectivity index (χ0n) is 14.4. The average molecular weight is 430 g/mol. The van der Waals surface area contributed by atoms with E-state index in [1.54, 1.807) is 0 Å². The van der Waals surface area contributed by atoms with E-state index in [0.29, 0.717) is 12.5 Å². The molecular weight excluding hydrogens is 402 g/mol. The number of alkyl halides is 2. The summed E-state index contributed by atoms with van der Waals surface area (Å²) in [6.45, 7) is 6.77. The van der Waals surface area contributed by atoms with Crippen molar-refractivity contribution in [2.45, 2.75) is 56.6 Å². The predicted molar refractivity (Wildman–Crippen MR) is 104 cm³/mol. The molecule has 1 fully saturated rings. The maximum Gasteiger partial charge on any atom is 0.125 e. The average Bonchev–Trinajstić information content (AvgIpc) is 2.78. The molecule has 4 atom stereocenters. The predicted octanol–water partition coefficient (Wildman–Crippen LogP) is 6.21. The second-order valence-electron chi connectivity index (χ2n) is 6.65. The van der Waals surface area contributed by atoms with Gasteiger partial charge >= 0.3 is 0 Å². The Labute approximate surface area is 153 Å². The minimum absolute atomic E-state index is 0.00202. The van der Waals surface area contributed by atoms with E-state index in [-0.39, 0.29) is 9.84 Å². The maximum absolute atomic E-state index is 14.6. The van der Waals surface area contributed by atoms with Crippen molar-refractivity contribution >= 4 is 22.6 Å². The third-order valence-corrected chi connectivity index (χ3v) is 5.97. The van der Waals surface area contributed by atoms with Crippen LogP contribution in [0.4, 0.5) is 4.39 Å². The van der Waals surface area contributed by atoms with Crippen LogP contribution >= 0.6 is 22.6 Å². The van der Waals surface area contributed by atoms with Gasteiger partial charge < -0.3 is 4.74 Å². The van der Waals surface area contributed by atoms with Gasteiger partial charge in [0.05, 0.1) is 6.61 Å². The summed E-state index contributed by atoms with van der Waals surface area (Å²) in [6, 6.07) is 6.14. The number of allylic oxidation sites excluding steroid dienone is 2. The summed E-state index contributed by atoms with van der Waals surface area (Å²) in [5, 5.41) is 0. The summed E-state index contributed by atoms with van der Waals surface area (Å²) < 4.78 is 20.8. The standard InChI is InChI=1S/C20H28FIO/c1-4-5-6-7-11-16-12-18(22)19(21)17(16)13-23-20-14(2)9-8-10-15(20)3/h6-10,16-19H,4-5,11-13H2,1-3H3/b7-6-/t16-,17+,18?,19?/m0/s1. The molecule has 1 aliphatic rings. The van der Waals surface area contributed by atoms with Gasteiger partial charge in [-0.15, -0.1) is 0 Å². The molecule has 0 aromatic heterocycles. The molecule has 0 amide bonds. The van der Waals surface area contributed by atoms with Crippen LogP contribution in [0, 0.1) is 25.7 Å². The molecule has 2 unspecified atom stereocenters. The van der Waals surface area contributed by atoms with Gasteiger partial charge in [0.15, 0.2) is 0 Å². The topological polar surface area (TPSA) is 9.23 Å². The van der Waals surface area contributed by atoms with Crippen LogP contribution in [0.25, 0.3) is 0 Å². The minimum Gasteiger partial charge on any atom is -0.493 e. The fraction of sp³-hybridized carbons (Fsp3) is 0.600. The van der Waals surface area contributed by atoms with Crippen molar-refractivity contribution in [2.75, 3.05) is 6.61 Å². The Bertz CT molecular complexity index is 508. The Morgan fingerprint density at radius 1 is 1.26 bits per heavy atom. The third kappa shape index (κ3) is 4.94. The number of halogens is 2. The van der Waals surface area contributed by atoms with Crippen molar-refractivity contribution in [2.24, 2.45) is 11.8 Å². The van der Waals surface area contributed by atoms with Crippen LogP contribution < -0.4 is 4.74 Å². The molecule has 1 nitrogen and oxygen atoms in total. The summed E-state index contributed by atoms with van der Waals surface area (Å²) in [6.07, 6.45) is 7.92. The van der Waals surface area contributed by atoms with Gasteiger partial charge in [0, 0.05) is 9.84 Å². The first kappa shape index (κ1) is 18.8. The molecule has 0 N–H and O–H groups in total. The zero-order chi connectivity index (χ0) is 16.8. The third-order valence-electron chi connectivity index (χ3n) is 4.78. The number of aryl methyl sites for hydroxylation is 2. The van der Waals surface area contributed by atoms with Gasteiger partial charge in [-0.3, -0.25) is 0 Å². The monoisotopic (exact) mass is 430 g/mol. The lowest BCUT2D eigenvalue weighted by molar-refractivity contribution is 0.149. The number of rotatable bonds is 7. The molecule has 0 spiro atoms. The van der Waals surface area contributed by atoms with E-state index >= 15 is 0 Å². The van der Waals surface area contributed by atoms with E-state index in [1.807, 2.05) is 6.07 Å². The molecule has 1 aromatic carbocycles. The van der Waals surface area contributed by atoms with E-state index < -0.39 is 6.17 Å². The van der Waals surface area contributed by atoms with Gasteiger partial charge in [-0.05, 0) is 50.2 Å². The van der Waals surface area contributed by atoms with Crippen LogP contribution in [0.5, 0.6) is 5.75 Å².